The number of thiazole rings is 1. The molecule has 1 fully saturated rings. The van der Waals surface area contributed by atoms with Gasteiger partial charge in [-0.05, 0) is 122 Å². The maximum absolute atomic E-state index is 14.7. The van der Waals surface area contributed by atoms with Gasteiger partial charge in [0, 0.05) is 23.0 Å². The van der Waals surface area contributed by atoms with E-state index in [1.165, 1.54) is 17.0 Å². The van der Waals surface area contributed by atoms with E-state index in [1.807, 2.05) is 87.0 Å². The van der Waals surface area contributed by atoms with Gasteiger partial charge in [0.1, 0.15) is 17.9 Å². The number of aryl methyl sites for hydroxylation is 1. The van der Waals surface area contributed by atoms with Crippen molar-refractivity contribution in [1.82, 2.24) is 31.3 Å². The number of hydrogen-bond donors (Lipinski definition) is 6. The van der Waals surface area contributed by atoms with Crippen molar-refractivity contribution in [3.05, 3.63) is 98.0 Å². The number of nitrogens with one attached hydrogen (secondary N) is 5. The van der Waals surface area contributed by atoms with Crippen molar-refractivity contribution in [1.29, 1.82) is 0 Å². The average molecular weight is 1100 g/mol. The van der Waals surface area contributed by atoms with E-state index in [9.17, 15) is 37.5 Å². The number of hydroxylamine groups is 1. The van der Waals surface area contributed by atoms with Gasteiger partial charge in [-0.3, -0.25) is 24.0 Å². The van der Waals surface area contributed by atoms with E-state index in [2.05, 4.69) is 31.7 Å². The van der Waals surface area contributed by atoms with Gasteiger partial charge in [0.2, 0.25) is 17.7 Å². The lowest BCUT2D eigenvalue weighted by molar-refractivity contribution is -0.144. The molecule has 1 saturated heterocycles. The third kappa shape index (κ3) is 17.0. The standard InChI is InChI=1S/C52H69F3IN7O6S/c1-33(35-18-20-36(21-19-35)47-34(2)58-32-70-47)59-50(67)43-30-38(64)31-63(43)51(68)48(52(3,4)5)61-44(65)17-13-11-9-7-6-8-10-12-14-26-57-27-15-16-28-69-62-49(66)39-23-24-40(53)45(55)46(39)60-42-25-22-37(56)29-41(42)54/h18-25,29,32-33,38,43,48,57,60,64H,6-17,26-28,30-31H2,1-5H3,(H,59,67)(H,61,65)(H,62,66)/t33-,38-,43+,48+/m0/s1. The summed E-state index contributed by atoms with van der Waals surface area (Å²) < 4.78 is 43.7. The Balaban J connectivity index is 0.885. The van der Waals surface area contributed by atoms with Crippen LogP contribution in [0.4, 0.5) is 24.5 Å². The number of hydrogen-bond acceptors (Lipinski definition) is 10. The first-order chi connectivity index (χ1) is 33.4. The van der Waals surface area contributed by atoms with Gasteiger partial charge in [0.05, 0.1) is 51.8 Å². The van der Waals surface area contributed by atoms with Crippen LogP contribution in [0.1, 0.15) is 139 Å². The minimum Gasteiger partial charge on any atom is -0.391 e. The Kier molecular flexibility index (Phi) is 22.4. The number of halogens is 4. The average Bonchev–Trinajstić information content (AvgIpc) is 3.94. The number of β-amino-alcohol motifs (C(OH)–C–C–N with tert-alkyl or cyclic N) is 1. The number of amides is 4. The van der Waals surface area contributed by atoms with Gasteiger partial charge in [-0.15, -0.1) is 11.3 Å². The van der Waals surface area contributed by atoms with E-state index in [0.717, 1.165) is 105 Å². The summed E-state index contributed by atoms with van der Waals surface area (Å²) in [5.74, 6) is -4.86. The van der Waals surface area contributed by atoms with Gasteiger partial charge in [-0.25, -0.2) is 23.6 Å². The number of carbonyl (C=O) groups excluding carboxylic acids is 4. The molecular formula is C52H69F3IN7O6S. The molecule has 0 spiro atoms. The van der Waals surface area contributed by atoms with Crippen molar-refractivity contribution in [2.24, 2.45) is 5.41 Å². The summed E-state index contributed by atoms with van der Waals surface area (Å²) >= 11 is 3.51. The molecule has 1 aliphatic rings. The molecule has 0 bridgehead atoms. The van der Waals surface area contributed by atoms with Crippen LogP contribution in [0.25, 0.3) is 10.4 Å². The van der Waals surface area contributed by atoms with Crippen LogP contribution in [0.3, 0.4) is 0 Å². The molecule has 0 saturated carbocycles. The van der Waals surface area contributed by atoms with Gasteiger partial charge >= 0.3 is 0 Å². The first-order valence-electron chi connectivity index (χ1n) is 24.4. The van der Waals surface area contributed by atoms with Crippen LogP contribution < -0.4 is 26.7 Å². The van der Waals surface area contributed by atoms with E-state index < -0.39 is 52.6 Å². The zero-order valence-electron chi connectivity index (χ0n) is 40.9. The van der Waals surface area contributed by atoms with Crippen molar-refractivity contribution in [3.8, 4) is 10.4 Å². The van der Waals surface area contributed by atoms with Crippen LogP contribution in [-0.4, -0.2) is 83.0 Å². The Labute approximate surface area is 428 Å². The number of carbonyl (C=O) groups is 4. The topological polar surface area (TPSA) is 174 Å². The van der Waals surface area contributed by atoms with Crippen LogP contribution in [-0.2, 0) is 19.2 Å². The van der Waals surface area contributed by atoms with E-state index >= 15 is 0 Å². The van der Waals surface area contributed by atoms with E-state index in [0.29, 0.717) is 22.8 Å². The molecular weight excluding hydrogens is 1030 g/mol. The van der Waals surface area contributed by atoms with Gasteiger partial charge in [0.15, 0.2) is 11.6 Å². The molecule has 4 atom stereocenters. The molecule has 2 heterocycles. The molecule has 3 aromatic carbocycles. The zero-order chi connectivity index (χ0) is 50.8. The van der Waals surface area contributed by atoms with Crippen LogP contribution in [0, 0.1) is 33.4 Å². The molecule has 0 unspecified atom stereocenters. The lowest BCUT2D eigenvalue weighted by Crippen LogP contribution is -2.57. The lowest BCUT2D eigenvalue weighted by atomic mass is 9.85. The van der Waals surface area contributed by atoms with E-state index in [-0.39, 0.29) is 54.6 Å². The normalized spacial score (nSPS) is 15.7. The Morgan fingerprint density at radius 2 is 1.53 bits per heavy atom. The van der Waals surface area contributed by atoms with Crippen molar-refractivity contribution in [2.75, 3.05) is 31.6 Å². The van der Waals surface area contributed by atoms with Gasteiger partial charge in [-0.1, -0.05) is 90.0 Å². The summed E-state index contributed by atoms with van der Waals surface area (Å²) in [4.78, 5) is 65.7. The summed E-state index contributed by atoms with van der Waals surface area (Å²) in [6, 6.07) is 12.1. The minimum atomic E-state index is -1.31. The third-order valence-corrected chi connectivity index (χ3v) is 14.0. The van der Waals surface area contributed by atoms with Crippen molar-refractivity contribution in [2.45, 2.75) is 142 Å². The zero-order valence-corrected chi connectivity index (χ0v) is 43.9. The Morgan fingerprint density at radius 3 is 2.17 bits per heavy atom. The highest BCUT2D eigenvalue weighted by Crippen LogP contribution is 2.31. The Morgan fingerprint density at radius 1 is 0.871 bits per heavy atom. The summed E-state index contributed by atoms with van der Waals surface area (Å²) in [7, 11) is 0. The maximum Gasteiger partial charge on any atom is 0.277 e. The number of likely N-dealkylation sites (tertiary alicyclic amines) is 1. The minimum absolute atomic E-state index is 0.0212. The second-order valence-corrected chi connectivity index (χ2v) is 21.2. The summed E-state index contributed by atoms with van der Waals surface area (Å²) in [5.41, 5.74) is 5.56. The van der Waals surface area contributed by atoms with Gasteiger partial charge in [0.25, 0.3) is 5.91 Å². The fourth-order valence-electron chi connectivity index (χ4n) is 8.33. The predicted molar refractivity (Wildman–Crippen MR) is 277 cm³/mol. The number of aliphatic hydroxyl groups excluding tert-OH is 1. The number of unbranched alkanes of at least 4 members (excludes halogenated alkanes) is 9. The molecule has 4 amide bonds. The molecule has 70 heavy (non-hydrogen) atoms. The highest BCUT2D eigenvalue weighted by molar-refractivity contribution is 14.1. The molecule has 1 aromatic heterocycles. The molecule has 0 aliphatic carbocycles. The molecule has 6 N–H and O–H groups in total. The van der Waals surface area contributed by atoms with Crippen LogP contribution >= 0.6 is 33.9 Å². The van der Waals surface area contributed by atoms with Crippen molar-refractivity contribution < 1.29 is 42.3 Å². The fourth-order valence-corrected chi connectivity index (χ4v) is 9.59. The maximum atomic E-state index is 14.7. The summed E-state index contributed by atoms with van der Waals surface area (Å²) in [5, 5.41) is 22.6. The molecule has 0 radical (unpaired) electrons. The Hall–Kier alpha value is -4.63. The second-order valence-electron chi connectivity index (χ2n) is 19.1. The van der Waals surface area contributed by atoms with Crippen molar-refractivity contribution in [3.63, 3.8) is 0 Å². The quantitative estimate of drug-likeness (QED) is 0.0193. The van der Waals surface area contributed by atoms with Crippen molar-refractivity contribution >= 4 is 68.9 Å². The number of benzene rings is 3. The third-order valence-electron chi connectivity index (χ3n) is 12.4. The largest absolute Gasteiger partial charge is 0.391 e. The molecule has 1 aliphatic heterocycles. The smallest absolute Gasteiger partial charge is 0.277 e. The second kappa shape index (κ2) is 27.8. The molecule has 18 heteroatoms. The molecule has 4 aromatic rings. The number of aromatic nitrogens is 1. The Bertz CT molecular complexity index is 2350. The number of rotatable bonds is 27. The first-order valence-corrected chi connectivity index (χ1v) is 26.3. The van der Waals surface area contributed by atoms with Crippen LogP contribution in [0.5, 0.6) is 0 Å². The molecule has 382 valence electrons. The van der Waals surface area contributed by atoms with Crippen LogP contribution in [0.2, 0.25) is 0 Å². The summed E-state index contributed by atoms with van der Waals surface area (Å²) in [6.07, 6.45) is 10.4. The van der Waals surface area contributed by atoms with E-state index in [4.69, 9.17) is 4.84 Å². The lowest BCUT2D eigenvalue weighted by Gasteiger charge is -2.35. The number of nitrogens with zero attached hydrogens (tertiary/aromatic N) is 2. The highest BCUT2D eigenvalue weighted by Gasteiger charge is 2.44. The SMILES string of the molecule is Cc1ncsc1-c1ccc([C@H](C)NC(=O)[C@H]2C[C@H](O)CN2C(=O)[C@@H](NC(=O)CCCCCCCCCCCNCCCCONC(=O)c2ccc(F)c(F)c2Nc2ccc(I)cc2F)C(C)(C)C)cc1. The molecule has 5 rings (SSSR count). The first kappa shape index (κ1) is 56.3. The molecule has 13 nitrogen and oxygen atoms in total. The van der Waals surface area contributed by atoms with Gasteiger partial charge < -0.3 is 31.3 Å². The monoisotopic (exact) mass is 1100 g/mol. The van der Waals surface area contributed by atoms with Crippen LogP contribution in [0.15, 0.2) is 60.1 Å². The number of aliphatic hydroxyl groups is 1. The fraction of sp³-hybridized carbons (Fsp3) is 0.519. The highest BCUT2D eigenvalue weighted by atomic mass is 127. The van der Waals surface area contributed by atoms with Gasteiger partial charge in [-0.2, -0.15) is 0 Å². The number of anilines is 2. The summed E-state index contributed by atoms with van der Waals surface area (Å²) in [6.45, 7) is 11.5. The predicted octanol–water partition coefficient (Wildman–Crippen LogP) is 10.2. The van der Waals surface area contributed by atoms with E-state index in [1.54, 1.807) is 17.4 Å².